The molecule has 0 aliphatic carbocycles. The lowest BCUT2D eigenvalue weighted by Crippen LogP contribution is -2.04. The van der Waals surface area contributed by atoms with Crippen molar-refractivity contribution in [3.05, 3.63) is 47.3 Å². The molecule has 114 valence electrons. The van der Waals surface area contributed by atoms with Gasteiger partial charge in [0, 0.05) is 12.5 Å². The molecule has 23 heavy (non-hydrogen) atoms. The lowest BCUT2D eigenvalue weighted by Gasteiger charge is -2.11. The van der Waals surface area contributed by atoms with E-state index in [0.29, 0.717) is 23.6 Å². The first kappa shape index (κ1) is 13.5. The van der Waals surface area contributed by atoms with E-state index in [1.54, 1.807) is 18.1 Å². The summed E-state index contributed by atoms with van der Waals surface area (Å²) in [6.45, 7) is -0.218. The van der Waals surface area contributed by atoms with Crippen molar-refractivity contribution in [2.45, 2.75) is 13.0 Å². The fourth-order valence-electron chi connectivity index (χ4n) is 2.83. The molecular formula is C15H12N6O2. The van der Waals surface area contributed by atoms with Crippen molar-refractivity contribution in [2.24, 2.45) is 0 Å². The summed E-state index contributed by atoms with van der Waals surface area (Å²) in [5.41, 5.74) is 3.89. The molecule has 0 spiro atoms. The van der Waals surface area contributed by atoms with Crippen molar-refractivity contribution in [1.29, 1.82) is 5.26 Å². The van der Waals surface area contributed by atoms with Crippen molar-refractivity contribution < 1.29 is 9.84 Å². The van der Waals surface area contributed by atoms with Gasteiger partial charge in [0.05, 0.1) is 36.5 Å². The van der Waals surface area contributed by atoms with Gasteiger partial charge in [-0.25, -0.2) is 9.67 Å². The zero-order valence-corrected chi connectivity index (χ0v) is 12.3. The Morgan fingerprint density at radius 2 is 2.22 bits per heavy atom. The molecule has 1 aromatic carbocycles. The summed E-state index contributed by atoms with van der Waals surface area (Å²) in [4.78, 5) is 4.17. The molecule has 0 fully saturated rings. The van der Waals surface area contributed by atoms with Crippen molar-refractivity contribution >= 4 is 0 Å². The number of imidazole rings is 1. The van der Waals surface area contributed by atoms with Gasteiger partial charge in [-0.1, -0.05) is 5.21 Å². The van der Waals surface area contributed by atoms with Crippen LogP contribution in [-0.2, 0) is 13.0 Å². The van der Waals surface area contributed by atoms with Crippen molar-refractivity contribution in [3.63, 3.8) is 0 Å². The number of methoxy groups -OCH3 is 1. The summed E-state index contributed by atoms with van der Waals surface area (Å²) >= 11 is 0. The molecule has 0 saturated heterocycles. The largest absolute Gasteiger partial charge is 0.497 e. The molecule has 1 aliphatic rings. The molecule has 3 heterocycles. The van der Waals surface area contributed by atoms with Crippen LogP contribution in [0.5, 0.6) is 5.75 Å². The second-order valence-electron chi connectivity index (χ2n) is 5.11. The SMILES string of the molecule is COc1ccc2c(c1)-n1nnc(CO)c1Cc1c(C#N)ncn1-2. The molecule has 8 nitrogen and oxygen atoms in total. The Labute approximate surface area is 131 Å². The highest BCUT2D eigenvalue weighted by atomic mass is 16.5. The average Bonchev–Trinajstić information content (AvgIpc) is 3.15. The highest BCUT2D eigenvalue weighted by molar-refractivity contribution is 5.59. The van der Waals surface area contributed by atoms with E-state index in [4.69, 9.17) is 4.74 Å². The fraction of sp³-hybridized carbons (Fsp3) is 0.200. The topological polar surface area (TPSA) is 102 Å². The summed E-state index contributed by atoms with van der Waals surface area (Å²) < 4.78 is 8.84. The van der Waals surface area contributed by atoms with E-state index in [0.717, 1.165) is 22.8 Å². The Bertz CT molecular complexity index is 950. The van der Waals surface area contributed by atoms with Crippen LogP contribution in [-0.4, -0.2) is 36.8 Å². The maximum absolute atomic E-state index is 9.52. The maximum Gasteiger partial charge on any atom is 0.162 e. The molecule has 2 aromatic heterocycles. The number of aliphatic hydroxyl groups excluding tert-OH is 1. The van der Waals surface area contributed by atoms with Gasteiger partial charge in [0.1, 0.15) is 23.8 Å². The van der Waals surface area contributed by atoms with E-state index >= 15 is 0 Å². The highest BCUT2D eigenvalue weighted by Crippen LogP contribution is 2.32. The Morgan fingerprint density at radius 1 is 1.35 bits per heavy atom. The normalized spacial score (nSPS) is 11.9. The van der Waals surface area contributed by atoms with Crippen molar-refractivity contribution in [3.8, 4) is 23.2 Å². The number of hydrogen-bond donors (Lipinski definition) is 1. The minimum absolute atomic E-state index is 0.218. The van der Waals surface area contributed by atoms with E-state index in [-0.39, 0.29) is 6.61 Å². The fourth-order valence-corrected chi connectivity index (χ4v) is 2.83. The van der Waals surface area contributed by atoms with Crippen molar-refractivity contribution in [2.75, 3.05) is 7.11 Å². The highest BCUT2D eigenvalue weighted by Gasteiger charge is 2.26. The van der Waals surface area contributed by atoms with E-state index in [9.17, 15) is 10.4 Å². The van der Waals surface area contributed by atoms with Gasteiger partial charge < -0.3 is 9.84 Å². The number of nitriles is 1. The third-order valence-electron chi connectivity index (χ3n) is 3.97. The third-order valence-corrected chi connectivity index (χ3v) is 3.97. The molecule has 1 aliphatic heterocycles. The number of rotatable bonds is 2. The van der Waals surface area contributed by atoms with Gasteiger partial charge in [0.25, 0.3) is 0 Å². The van der Waals surface area contributed by atoms with Crippen LogP contribution in [0.15, 0.2) is 24.5 Å². The molecule has 0 unspecified atom stereocenters. The van der Waals surface area contributed by atoms with Gasteiger partial charge in [-0.15, -0.1) is 5.10 Å². The van der Waals surface area contributed by atoms with Gasteiger partial charge >= 0.3 is 0 Å². The molecule has 0 atom stereocenters. The predicted molar refractivity (Wildman–Crippen MR) is 78.5 cm³/mol. The number of ether oxygens (including phenoxy) is 1. The lowest BCUT2D eigenvalue weighted by atomic mass is 10.1. The number of nitrogens with zero attached hydrogens (tertiary/aromatic N) is 6. The molecule has 3 aromatic rings. The number of aliphatic hydroxyl groups is 1. The van der Waals surface area contributed by atoms with Crippen LogP contribution in [0.2, 0.25) is 0 Å². The molecule has 0 bridgehead atoms. The summed E-state index contributed by atoms with van der Waals surface area (Å²) in [5, 5.41) is 27.0. The van der Waals surface area contributed by atoms with E-state index in [1.807, 2.05) is 22.8 Å². The molecular weight excluding hydrogens is 296 g/mol. The van der Waals surface area contributed by atoms with Gasteiger partial charge in [0.2, 0.25) is 0 Å². The molecule has 1 N–H and O–H groups in total. The van der Waals surface area contributed by atoms with Gasteiger partial charge in [-0.05, 0) is 12.1 Å². The van der Waals surface area contributed by atoms with Crippen LogP contribution in [0.3, 0.4) is 0 Å². The maximum atomic E-state index is 9.52. The molecule has 0 amide bonds. The van der Waals surface area contributed by atoms with E-state index in [1.165, 1.54) is 0 Å². The second kappa shape index (κ2) is 4.93. The number of benzene rings is 1. The minimum Gasteiger partial charge on any atom is -0.497 e. The summed E-state index contributed by atoms with van der Waals surface area (Å²) in [5.74, 6) is 0.680. The predicted octanol–water partition coefficient (Wildman–Crippen LogP) is 0.730. The number of hydrogen-bond acceptors (Lipinski definition) is 6. The quantitative estimate of drug-likeness (QED) is 0.586. The first-order chi connectivity index (χ1) is 11.3. The van der Waals surface area contributed by atoms with Crippen LogP contribution in [0.1, 0.15) is 22.8 Å². The van der Waals surface area contributed by atoms with Crippen LogP contribution < -0.4 is 4.74 Å². The van der Waals surface area contributed by atoms with Crippen LogP contribution >= 0.6 is 0 Å². The molecule has 8 heteroatoms. The third kappa shape index (κ3) is 1.84. The minimum atomic E-state index is -0.218. The van der Waals surface area contributed by atoms with E-state index < -0.39 is 0 Å². The summed E-state index contributed by atoms with van der Waals surface area (Å²) in [7, 11) is 1.59. The summed E-state index contributed by atoms with van der Waals surface area (Å²) in [6.07, 6.45) is 2.03. The Balaban J connectivity index is 2.08. The van der Waals surface area contributed by atoms with E-state index in [2.05, 4.69) is 21.4 Å². The van der Waals surface area contributed by atoms with Gasteiger partial charge in [-0.2, -0.15) is 5.26 Å². The number of fused-ring (bicyclic) bond motifs is 5. The van der Waals surface area contributed by atoms with Crippen molar-refractivity contribution in [1.82, 2.24) is 24.5 Å². The zero-order chi connectivity index (χ0) is 16.0. The van der Waals surface area contributed by atoms with Gasteiger partial charge in [-0.3, -0.25) is 4.57 Å². The van der Waals surface area contributed by atoms with Crippen LogP contribution in [0.4, 0.5) is 0 Å². The lowest BCUT2D eigenvalue weighted by molar-refractivity contribution is 0.275. The number of aromatic nitrogens is 5. The van der Waals surface area contributed by atoms with Crippen LogP contribution in [0.25, 0.3) is 11.4 Å². The summed E-state index contributed by atoms with van der Waals surface area (Å²) in [6, 6.07) is 7.67. The smallest absolute Gasteiger partial charge is 0.162 e. The van der Waals surface area contributed by atoms with Crippen LogP contribution in [0, 0.1) is 11.3 Å². The van der Waals surface area contributed by atoms with Gasteiger partial charge in [0.15, 0.2) is 5.69 Å². The average molecular weight is 308 g/mol. The first-order valence-corrected chi connectivity index (χ1v) is 6.96. The Morgan fingerprint density at radius 3 is 2.96 bits per heavy atom. The monoisotopic (exact) mass is 308 g/mol. The zero-order valence-electron chi connectivity index (χ0n) is 12.3. The molecule has 4 rings (SSSR count). The Kier molecular flexibility index (Phi) is 2.89. The molecule has 0 radical (unpaired) electrons. The Hall–Kier alpha value is -3.18. The first-order valence-electron chi connectivity index (χ1n) is 6.96. The molecule has 0 saturated carbocycles. The second-order valence-corrected chi connectivity index (χ2v) is 5.11. The standard InChI is InChI=1S/C15H12N6O2/c1-23-9-2-3-12-15(4-9)21-14(11(7-22)18-19-21)5-13-10(6-16)17-8-20(12)13/h2-4,8,22H,5,7H2,1H3.